The van der Waals surface area contributed by atoms with E-state index in [0.29, 0.717) is 12.5 Å². The monoisotopic (exact) mass is 562 g/mol. The van der Waals surface area contributed by atoms with Gasteiger partial charge >= 0.3 is 0 Å². The summed E-state index contributed by atoms with van der Waals surface area (Å²) in [4.78, 5) is 26.8. The average molecular weight is 563 g/mol. The SMILES string of the molecule is CCNC(=NCCCCCN1CCCCC1)N1CCN(CC(=O)N2CCCCC2)CC1.I. The number of carbonyl (C=O) groups is 1. The predicted molar refractivity (Wildman–Crippen MR) is 144 cm³/mol. The molecular weight excluding hydrogens is 515 g/mol. The molecule has 8 heteroatoms. The van der Waals surface area contributed by atoms with E-state index in [9.17, 15) is 4.79 Å². The van der Waals surface area contributed by atoms with Crippen LogP contribution in [0.2, 0.25) is 0 Å². The van der Waals surface area contributed by atoms with Gasteiger partial charge in [0.25, 0.3) is 0 Å². The van der Waals surface area contributed by atoms with Gasteiger partial charge in [0, 0.05) is 52.4 Å². The molecule has 32 heavy (non-hydrogen) atoms. The van der Waals surface area contributed by atoms with Crippen molar-refractivity contribution in [1.82, 2.24) is 24.9 Å². The predicted octanol–water partition coefficient (Wildman–Crippen LogP) is 2.86. The Morgan fingerprint density at radius 3 is 2.06 bits per heavy atom. The lowest BCUT2D eigenvalue weighted by molar-refractivity contribution is -0.133. The first-order valence-corrected chi connectivity index (χ1v) is 13.0. The van der Waals surface area contributed by atoms with Crippen LogP contribution in [-0.2, 0) is 4.79 Å². The van der Waals surface area contributed by atoms with Crippen LogP contribution in [0.1, 0.15) is 64.7 Å². The summed E-state index contributed by atoms with van der Waals surface area (Å²) in [6.07, 6.45) is 11.5. The first-order chi connectivity index (χ1) is 15.3. The summed E-state index contributed by atoms with van der Waals surface area (Å²) in [5, 5.41) is 3.48. The molecule has 3 aliphatic heterocycles. The minimum atomic E-state index is 0. The summed E-state index contributed by atoms with van der Waals surface area (Å²) in [5.74, 6) is 1.37. The Kier molecular flexibility index (Phi) is 13.9. The second-order valence-electron chi connectivity index (χ2n) is 9.40. The molecule has 186 valence electrons. The van der Waals surface area contributed by atoms with Gasteiger partial charge in [0.2, 0.25) is 5.91 Å². The summed E-state index contributed by atoms with van der Waals surface area (Å²) in [6.45, 7) is 14.1. The first kappa shape index (κ1) is 27.6. The van der Waals surface area contributed by atoms with E-state index in [0.717, 1.165) is 58.3 Å². The largest absolute Gasteiger partial charge is 0.357 e. The van der Waals surface area contributed by atoms with Crippen molar-refractivity contribution in [2.75, 3.05) is 78.5 Å². The van der Waals surface area contributed by atoms with Crippen molar-refractivity contribution in [1.29, 1.82) is 0 Å². The Hall–Kier alpha value is -0.610. The maximum Gasteiger partial charge on any atom is 0.236 e. The minimum absolute atomic E-state index is 0. The van der Waals surface area contributed by atoms with Crippen molar-refractivity contribution in [3.8, 4) is 0 Å². The van der Waals surface area contributed by atoms with Crippen molar-refractivity contribution in [3.05, 3.63) is 0 Å². The van der Waals surface area contributed by atoms with Gasteiger partial charge in [0.1, 0.15) is 0 Å². The van der Waals surface area contributed by atoms with Crippen LogP contribution in [-0.4, -0.2) is 110 Å². The second kappa shape index (κ2) is 16.1. The summed E-state index contributed by atoms with van der Waals surface area (Å²) in [7, 11) is 0. The molecule has 0 atom stereocenters. The number of likely N-dealkylation sites (tertiary alicyclic amines) is 2. The number of hydrogen-bond donors (Lipinski definition) is 1. The van der Waals surface area contributed by atoms with Gasteiger partial charge in [-0.3, -0.25) is 14.7 Å². The molecule has 3 heterocycles. The average Bonchev–Trinajstić information content (AvgIpc) is 2.82. The van der Waals surface area contributed by atoms with Crippen LogP contribution in [0.25, 0.3) is 0 Å². The number of halogens is 1. The van der Waals surface area contributed by atoms with Crippen LogP contribution in [0.4, 0.5) is 0 Å². The molecular formula is C24H47IN6O. The highest BCUT2D eigenvalue weighted by Gasteiger charge is 2.24. The lowest BCUT2D eigenvalue weighted by Crippen LogP contribution is -2.54. The number of aliphatic imine (C=N–C) groups is 1. The summed E-state index contributed by atoms with van der Waals surface area (Å²) in [6, 6.07) is 0. The van der Waals surface area contributed by atoms with Gasteiger partial charge in [-0.1, -0.05) is 12.8 Å². The van der Waals surface area contributed by atoms with Crippen LogP contribution < -0.4 is 5.32 Å². The van der Waals surface area contributed by atoms with E-state index in [2.05, 4.69) is 31.8 Å². The summed E-state index contributed by atoms with van der Waals surface area (Å²) in [5.41, 5.74) is 0. The van der Waals surface area contributed by atoms with E-state index >= 15 is 0 Å². The highest BCUT2D eigenvalue weighted by molar-refractivity contribution is 14.0. The zero-order chi connectivity index (χ0) is 21.7. The lowest BCUT2D eigenvalue weighted by Gasteiger charge is -2.37. The minimum Gasteiger partial charge on any atom is -0.357 e. The molecule has 0 radical (unpaired) electrons. The molecule has 0 bridgehead atoms. The highest BCUT2D eigenvalue weighted by atomic mass is 127. The van der Waals surface area contributed by atoms with Gasteiger partial charge in [-0.2, -0.15) is 0 Å². The molecule has 3 aliphatic rings. The van der Waals surface area contributed by atoms with Gasteiger partial charge < -0.3 is 20.0 Å². The van der Waals surface area contributed by atoms with E-state index in [1.807, 2.05) is 0 Å². The number of guanidine groups is 1. The fourth-order valence-electron chi connectivity index (χ4n) is 4.97. The summed E-state index contributed by atoms with van der Waals surface area (Å²) >= 11 is 0. The quantitative estimate of drug-likeness (QED) is 0.203. The number of nitrogens with one attached hydrogen (secondary N) is 1. The van der Waals surface area contributed by atoms with Crippen LogP contribution in [0.5, 0.6) is 0 Å². The molecule has 0 unspecified atom stereocenters. The fraction of sp³-hybridized carbons (Fsp3) is 0.917. The van der Waals surface area contributed by atoms with Crippen molar-refractivity contribution in [3.63, 3.8) is 0 Å². The number of piperidine rings is 2. The third kappa shape index (κ3) is 9.71. The Morgan fingerprint density at radius 1 is 0.750 bits per heavy atom. The zero-order valence-electron chi connectivity index (χ0n) is 20.4. The van der Waals surface area contributed by atoms with Crippen LogP contribution >= 0.6 is 24.0 Å². The molecule has 3 saturated heterocycles. The van der Waals surface area contributed by atoms with Gasteiger partial charge in [-0.05, 0) is 71.5 Å². The molecule has 0 aliphatic carbocycles. The molecule has 3 fully saturated rings. The maximum absolute atomic E-state index is 12.5. The molecule has 0 aromatic carbocycles. The number of piperazine rings is 1. The molecule has 0 aromatic heterocycles. The standard InChI is InChI=1S/C24H46N6O.HI/c1-2-25-24(26-12-6-3-7-13-27-14-8-4-9-15-27)30-20-18-28(19-21-30)22-23(31)29-16-10-5-11-17-29;/h2-22H2,1H3,(H,25,26);1H. The van der Waals surface area contributed by atoms with Crippen molar-refractivity contribution >= 4 is 35.8 Å². The Balaban J connectivity index is 0.00000363. The van der Waals surface area contributed by atoms with E-state index in [1.54, 1.807) is 0 Å². The van der Waals surface area contributed by atoms with Crippen LogP contribution in [0, 0.1) is 0 Å². The lowest BCUT2D eigenvalue weighted by atomic mass is 10.1. The molecule has 3 rings (SSSR count). The highest BCUT2D eigenvalue weighted by Crippen LogP contribution is 2.11. The van der Waals surface area contributed by atoms with Crippen molar-refractivity contribution in [2.45, 2.75) is 64.7 Å². The maximum atomic E-state index is 12.5. The normalized spacial score (nSPS) is 21.3. The van der Waals surface area contributed by atoms with E-state index in [4.69, 9.17) is 4.99 Å². The number of amides is 1. The number of unbranched alkanes of at least 4 members (excludes halogenated alkanes) is 2. The third-order valence-electron chi connectivity index (χ3n) is 6.92. The smallest absolute Gasteiger partial charge is 0.236 e. The molecule has 1 N–H and O–H groups in total. The first-order valence-electron chi connectivity index (χ1n) is 13.0. The number of rotatable bonds is 9. The van der Waals surface area contributed by atoms with Crippen LogP contribution in [0.3, 0.4) is 0 Å². The van der Waals surface area contributed by atoms with Gasteiger partial charge in [0.05, 0.1) is 6.54 Å². The topological polar surface area (TPSA) is 54.4 Å². The number of hydrogen-bond acceptors (Lipinski definition) is 4. The van der Waals surface area contributed by atoms with Crippen molar-refractivity contribution in [2.24, 2.45) is 4.99 Å². The molecule has 0 saturated carbocycles. The molecule has 0 aromatic rings. The Bertz CT molecular complexity index is 541. The van der Waals surface area contributed by atoms with Crippen LogP contribution in [0.15, 0.2) is 4.99 Å². The van der Waals surface area contributed by atoms with Gasteiger partial charge in [0.15, 0.2) is 5.96 Å². The van der Waals surface area contributed by atoms with Crippen molar-refractivity contribution < 1.29 is 4.79 Å². The van der Waals surface area contributed by atoms with E-state index in [-0.39, 0.29) is 24.0 Å². The van der Waals surface area contributed by atoms with Gasteiger partial charge in [-0.25, -0.2) is 0 Å². The zero-order valence-corrected chi connectivity index (χ0v) is 22.7. The number of carbonyl (C=O) groups excluding carboxylic acids is 1. The Labute approximate surface area is 213 Å². The molecule has 7 nitrogen and oxygen atoms in total. The fourth-order valence-corrected chi connectivity index (χ4v) is 4.97. The molecule has 1 amide bonds. The number of nitrogens with zero attached hydrogens (tertiary/aromatic N) is 5. The summed E-state index contributed by atoms with van der Waals surface area (Å²) < 4.78 is 0. The third-order valence-corrected chi connectivity index (χ3v) is 6.92. The second-order valence-corrected chi connectivity index (χ2v) is 9.40. The molecule has 0 spiro atoms. The van der Waals surface area contributed by atoms with E-state index < -0.39 is 0 Å². The van der Waals surface area contributed by atoms with Gasteiger partial charge in [-0.15, -0.1) is 24.0 Å². The van der Waals surface area contributed by atoms with E-state index in [1.165, 1.54) is 77.4 Å². The Morgan fingerprint density at radius 2 is 1.41 bits per heavy atom.